The number of benzene rings is 3. The molecule has 0 amide bonds. The average molecular weight is 621 g/mol. The molecule has 0 bridgehead atoms. The predicted octanol–water partition coefficient (Wildman–Crippen LogP) is 7.45. The van der Waals surface area contributed by atoms with Gasteiger partial charge < -0.3 is 19.4 Å². The Morgan fingerprint density at radius 3 is 2.27 bits per heavy atom. The zero-order valence-corrected chi connectivity index (χ0v) is 27.4. The molecule has 0 aliphatic carbocycles. The molecule has 45 heavy (non-hydrogen) atoms. The maximum Gasteiger partial charge on any atom is 0.199 e. The van der Waals surface area contributed by atoms with Crippen molar-refractivity contribution in [3.05, 3.63) is 107 Å². The Labute approximate surface area is 267 Å². The Kier molecular flexibility index (Phi) is 8.19. The van der Waals surface area contributed by atoms with Gasteiger partial charge in [0.2, 0.25) is 0 Å². The van der Waals surface area contributed by atoms with E-state index in [9.17, 15) is 8.42 Å². The van der Waals surface area contributed by atoms with Crippen LogP contribution in [0.15, 0.2) is 89.4 Å². The Morgan fingerprint density at radius 2 is 1.58 bits per heavy atom. The van der Waals surface area contributed by atoms with Crippen LogP contribution in [0, 0.1) is 0 Å². The van der Waals surface area contributed by atoms with Gasteiger partial charge >= 0.3 is 0 Å². The van der Waals surface area contributed by atoms with Gasteiger partial charge in [-0.2, -0.15) is 0 Å². The molecule has 2 saturated heterocycles. The summed E-state index contributed by atoms with van der Waals surface area (Å²) in [6.45, 7) is 4.62. The summed E-state index contributed by atoms with van der Waals surface area (Å²) >= 11 is 0. The van der Waals surface area contributed by atoms with Crippen molar-refractivity contribution in [2.24, 2.45) is 0 Å². The number of sulfone groups is 1. The SMILES string of the molecule is CC(c1ccc2[nH]cc(C[C@H]3CCCN3C)c2c1)n1cc(C[C@H]2CCCN2C)c2cc(/C=C/S(=O)(=O)c3ccccc3)ccc21. The molecule has 7 heteroatoms. The first-order valence-electron chi connectivity index (χ1n) is 16.4. The fourth-order valence-electron chi connectivity index (χ4n) is 7.55. The molecule has 2 aromatic heterocycles. The number of nitrogens with one attached hydrogen (secondary N) is 1. The molecule has 7 rings (SSSR count). The number of nitrogens with zero attached hydrogens (tertiary/aromatic N) is 3. The lowest BCUT2D eigenvalue weighted by Gasteiger charge is -2.19. The van der Waals surface area contributed by atoms with Crippen molar-refractivity contribution in [2.45, 2.75) is 68.5 Å². The van der Waals surface area contributed by atoms with Crippen LogP contribution in [0.4, 0.5) is 0 Å². The van der Waals surface area contributed by atoms with Crippen LogP contribution in [-0.2, 0) is 22.7 Å². The monoisotopic (exact) mass is 620 g/mol. The number of rotatable bonds is 9. The van der Waals surface area contributed by atoms with E-state index in [0.717, 1.165) is 24.9 Å². The second-order valence-electron chi connectivity index (χ2n) is 13.3. The molecule has 1 N–H and O–H groups in total. The minimum atomic E-state index is -3.52. The maximum atomic E-state index is 13.0. The van der Waals surface area contributed by atoms with E-state index in [0.29, 0.717) is 17.0 Å². The maximum absolute atomic E-state index is 13.0. The summed E-state index contributed by atoms with van der Waals surface area (Å²) in [5, 5.41) is 3.87. The van der Waals surface area contributed by atoms with Crippen molar-refractivity contribution in [3.8, 4) is 0 Å². The largest absolute Gasteiger partial charge is 0.361 e. The van der Waals surface area contributed by atoms with Crippen LogP contribution in [0.25, 0.3) is 27.9 Å². The van der Waals surface area contributed by atoms with Gasteiger partial charge in [-0.1, -0.05) is 30.3 Å². The molecule has 2 aliphatic heterocycles. The molecule has 0 radical (unpaired) electrons. The van der Waals surface area contributed by atoms with Crippen LogP contribution in [0.3, 0.4) is 0 Å². The van der Waals surface area contributed by atoms with E-state index >= 15 is 0 Å². The molecule has 2 fully saturated rings. The lowest BCUT2D eigenvalue weighted by atomic mass is 10.00. The van der Waals surface area contributed by atoms with Gasteiger partial charge in [0.1, 0.15) is 0 Å². The van der Waals surface area contributed by atoms with Crippen LogP contribution in [0.1, 0.15) is 60.9 Å². The van der Waals surface area contributed by atoms with Crippen LogP contribution in [0.5, 0.6) is 0 Å². The smallest absolute Gasteiger partial charge is 0.199 e. The second kappa shape index (κ2) is 12.3. The first kappa shape index (κ1) is 30.0. The van der Waals surface area contributed by atoms with Crippen molar-refractivity contribution in [1.29, 1.82) is 0 Å². The van der Waals surface area contributed by atoms with Crippen LogP contribution in [-0.4, -0.2) is 67.0 Å². The van der Waals surface area contributed by atoms with Crippen LogP contribution < -0.4 is 0 Å². The Balaban J connectivity index is 1.24. The summed E-state index contributed by atoms with van der Waals surface area (Å²) in [6, 6.07) is 23.2. The fourth-order valence-corrected chi connectivity index (χ4v) is 8.58. The number of likely N-dealkylation sites (tertiary alicyclic amines) is 2. The summed E-state index contributed by atoms with van der Waals surface area (Å²) in [6.07, 6.45) is 13.3. The van der Waals surface area contributed by atoms with Gasteiger partial charge in [0.05, 0.1) is 10.9 Å². The number of H-pyrrole nitrogens is 1. The summed E-state index contributed by atoms with van der Waals surface area (Å²) in [5.41, 5.74) is 7.30. The summed E-state index contributed by atoms with van der Waals surface area (Å²) in [5.74, 6) is 0. The number of hydrogen-bond donors (Lipinski definition) is 1. The van der Waals surface area contributed by atoms with Gasteiger partial charge in [-0.25, -0.2) is 8.42 Å². The van der Waals surface area contributed by atoms with Crippen molar-refractivity contribution in [3.63, 3.8) is 0 Å². The third-order valence-electron chi connectivity index (χ3n) is 10.4. The van der Waals surface area contributed by atoms with Crippen molar-refractivity contribution in [2.75, 3.05) is 27.2 Å². The third kappa shape index (κ3) is 6.01. The molecule has 3 atom stereocenters. The number of fused-ring (bicyclic) bond motifs is 2. The van der Waals surface area contributed by atoms with Gasteiger partial charge in [0.15, 0.2) is 9.84 Å². The van der Waals surface area contributed by atoms with Gasteiger partial charge in [0.25, 0.3) is 0 Å². The van der Waals surface area contributed by atoms with E-state index in [4.69, 9.17) is 0 Å². The minimum Gasteiger partial charge on any atom is -0.361 e. The Hall–Kier alpha value is -3.65. The second-order valence-corrected chi connectivity index (χ2v) is 15.1. The molecule has 5 aromatic rings. The molecular formula is C38H44N4O2S. The average Bonchev–Trinajstić information content (AvgIpc) is 3.84. The van der Waals surface area contributed by atoms with Gasteiger partial charge in [-0.3, -0.25) is 0 Å². The molecule has 4 heterocycles. The topological polar surface area (TPSA) is 61.3 Å². The van der Waals surface area contributed by atoms with Gasteiger partial charge in [-0.05, 0) is 137 Å². The highest BCUT2D eigenvalue weighted by atomic mass is 32.2. The molecule has 6 nitrogen and oxygen atoms in total. The molecule has 234 valence electrons. The highest BCUT2D eigenvalue weighted by Gasteiger charge is 2.25. The molecule has 3 aromatic carbocycles. The molecule has 1 unspecified atom stereocenters. The number of aromatic amines is 1. The Bertz CT molecular complexity index is 1960. The quantitative estimate of drug-likeness (QED) is 0.186. The van der Waals surface area contributed by atoms with E-state index in [-0.39, 0.29) is 6.04 Å². The molecule has 0 spiro atoms. The minimum absolute atomic E-state index is 0.142. The highest BCUT2D eigenvalue weighted by Crippen LogP contribution is 2.34. The first-order valence-corrected chi connectivity index (χ1v) is 17.9. The van der Waals surface area contributed by atoms with Crippen molar-refractivity contribution >= 4 is 37.7 Å². The third-order valence-corrected chi connectivity index (χ3v) is 11.8. The van der Waals surface area contributed by atoms with Gasteiger partial charge in [0, 0.05) is 51.7 Å². The molecule has 0 saturated carbocycles. The van der Waals surface area contributed by atoms with E-state index in [1.165, 1.54) is 76.1 Å². The zero-order chi connectivity index (χ0) is 31.1. The van der Waals surface area contributed by atoms with E-state index in [2.05, 4.69) is 83.1 Å². The van der Waals surface area contributed by atoms with Crippen molar-refractivity contribution < 1.29 is 8.42 Å². The molecular weight excluding hydrogens is 577 g/mol. The standard InChI is InChI=1S/C38H44N4O2S/c1-27(29-14-15-37-35(24-29)30(25-39-37)22-32-9-7-18-40(32)2)42-26-31(23-33-10-8-19-41(33)3)36-21-28(13-16-38(36)42)17-20-45(43,44)34-11-5-4-6-12-34/h4-6,11-17,20-21,24-27,32-33,39H,7-10,18-19,22-23H2,1-3H3/b20-17+/t27?,32-,33-/m1/s1. The van der Waals surface area contributed by atoms with E-state index in [1.807, 2.05) is 12.1 Å². The Morgan fingerprint density at radius 1 is 0.867 bits per heavy atom. The summed E-state index contributed by atoms with van der Waals surface area (Å²) in [7, 11) is 0.965. The van der Waals surface area contributed by atoms with Crippen molar-refractivity contribution in [1.82, 2.24) is 19.4 Å². The zero-order valence-electron chi connectivity index (χ0n) is 26.6. The van der Waals surface area contributed by atoms with Crippen LogP contribution >= 0.6 is 0 Å². The first-order chi connectivity index (χ1) is 21.8. The number of aromatic nitrogens is 2. The predicted molar refractivity (Wildman–Crippen MR) is 185 cm³/mol. The highest BCUT2D eigenvalue weighted by molar-refractivity contribution is 7.94. The van der Waals surface area contributed by atoms with Gasteiger partial charge in [-0.15, -0.1) is 0 Å². The lowest BCUT2D eigenvalue weighted by molar-refractivity contribution is 0.309. The fraction of sp³-hybridized carbons (Fsp3) is 0.368. The summed E-state index contributed by atoms with van der Waals surface area (Å²) < 4.78 is 28.3. The van der Waals surface area contributed by atoms with E-state index < -0.39 is 9.84 Å². The number of hydrogen-bond acceptors (Lipinski definition) is 4. The number of likely N-dealkylation sites (N-methyl/N-ethyl adjacent to an activating group) is 2. The normalized spacial score (nSPS) is 20.7. The summed E-state index contributed by atoms with van der Waals surface area (Å²) in [4.78, 5) is 8.81. The lowest BCUT2D eigenvalue weighted by Crippen LogP contribution is -2.26. The molecule has 2 aliphatic rings. The van der Waals surface area contributed by atoms with E-state index in [1.54, 1.807) is 30.3 Å². The van der Waals surface area contributed by atoms with Crippen LogP contribution in [0.2, 0.25) is 0 Å².